The predicted octanol–water partition coefficient (Wildman–Crippen LogP) is 2.49. The minimum atomic E-state index is 0.306. The van der Waals surface area contributed by atoms with Gasteiger partial charge in [-0.1, -0.05) is 6.07 Å². The van der Waals surface area contributed by atoms with Gasteiger partial charge in [0.2, 0.25) is 5.88 Å². The highest BCUT2D eigenvalue weighted by Crippen LogP contribution is 2.25. The lowest BCUT2D eigenvalue weighted by molar-refractivity contribution is 0.152. The fourth-order valence-electron chi connectivity index (χ4n) is 2.71. The molecule has 6 heteroatoms. The molecular formula is C18H30N4O2. The third kappa shape index (κ3) is 6.35. The molecule has 0 aliphatic heterocycles. The van der Waals surface area contributed by atoms with Crippen molar-refractivity contribution < 1.29 is 9.47 Å². The normalized spacial score (nSPS) is 15.5. The van der Waals surface area contributed by atoms with Crippen LogP contribution < -0.4 is 15.4 Å². The van der Waals surface area contributed by atoms with Gasteiger partial charge in [0.15, 0.2) is 5.96 Å². The number of ether oxygens (including phenoxy) is 2. The van der Waals surface area contributed by atoms with E-state index in [2.05, 4.69) is 27.5 Å². The van der Waals surface area contributed by atoms with Crippen LogP contribution in [0, 0.1) is 0 Å². The zero-order valence-electron chi connectivity index (χ0n) is 14.9. The van der Waals surface area contributed by atoms with E-state index in [9.17, 15) is 0 Å². The van der Waals surface area contributed by atoms with Gasteiger partial charge in [0.25, 0.3) is 0 Å². The molecule has 1 aromatic heterocycles. The second-order valence-corrected chi connectivity index (χ2v) is 5.81. The molecule has 2 rings (SSSR count). The summed E-state index contributed by atoms with van der Waals surface area (Å²) in [6.07, 6.45) is 6.84. The topological polar surface area (TPSA) is 67.8 Å². The first kappa shape index (κ1) is 18.5. The van der Waals surface area contributed by atoms with Crippen molar-refractivity contribution >= 4 is 5.96 Å². The monoisotopic (exact) mass is 334 g/mol. The summed E-state index contributed by atoms with van der Waals surface area (Å²) in [7, 11) is 0. The second-order valence-electron chi connectivity index (χ2n) is 5.81. The Morgan fingerprint density at radius 1 is 1.29 bits per heavy atom. The van der Waals surface area contributed by atoms with Gasteiger partial charge < -0.3 is 20.1 Å². The zero-order valence-corrected chi connectivity index (χ0v) is 14.9. The summed E-state index contributed by atoms with van der Waals surface area (Å²) in [6, 6.07) is 3.96. The standard InChI is InChI=1S/C18H30N4O2/c1-3-19-18(21-12-13-23-4-2)22-14-15-8-7-11-20-17(15)24-16-9-5-6-10-16/h7-8,11,16H,3-6,9-10,12-14H2,1-2H3,(H2,19,21,22). The minimum Gasteiger partial charge on any atom is -0.474 e. The molecular weight excluding hydrogens is 304 g/mol. The first-order valence-corrected chi connectivity index (χ1v) is 9.04. The Bertz CT molecular complexity index is 502. The molecule has 0 spiro atoms. The van der Waals surface area contributed by atoms with Gasteiger partial charge in [-0.2, -0.15) is 0 Å². The summed E-state index contributed by atoms with van der Waals surface area (Å²) in [5.41, 5.74) is 1.02. The zero-order chi connectivity index (χ0) is 17.0. The van der Waals surface area contributed by atoms with E-state index in [0.717, 1.165) is 49.9 Å². The SMILES string of the molecule is CCNC(=NCc1cccnc1OC1CCCC1)NCCOCC. The van der Waals surface area contributed by atoms with Crippen LogP contribution in [0.4, 0.5) is 0 Å². The Hall–Kier alpha value is -1.82. The number of hydrogen-bond acceptors (Lipinski definition) is 4. The van der Waals surface area contributed by atoms with Crippen molar-refractivity contribution in [3.8, 4) is 5.88 Å². The van der Waals surface area contributed by atoms with Gasteiger partial charge >= 0.3 is 0 Å². The van der Waals surface area contributed by atoms with Gasteiger partial charge in [-0.25, -0.2) is 9.98 Å². The Kier molecular flexibility index (Phi) is 8.38. The van der Waals surface area contributed by atoms with Crippen LogP contribution in [0.1, 0.15) is 45.1 Å². The molecule has 0 radical (unpaired) electrons. The maximum Gasteiger partial charge on any atom is 0.218 e. The van der Waals surface area contributed by atoms with Crippen molar-refractivity contribution in [3.63, 3.8) is 0 Å². The first-order valence-electron chi connectivity index (χ1n) is 9.04. The van der Waals surface area contributed by atoms with Crippen LogP contribution in [0.3, 0.4) is 0 Å². The quantitative estimate of drug-likeness (QED) is 0.413. The van der Waals surface area contributed by atoms with Crippen LogP contribution in [0.15, 0.2) is 23.3 Å². The lowest BCUT2D eigenvalue weighted by atomic mass is 10.2. The molecule has 1 saturated carbocycles. The Morgan fingerprint density at radius 2 is 2.12 bits per heavy atom. The molecule has 24 heavy (non-hydrogen) atoms. The van der Waals surface area contributed by atoms with E-state index in [4.69, 9.17) is 9.47 Å². The highest BCUT2D eigenvalue weighted by molar-refractivity contribution is 5.79. The Labute approximate surface area is 145 Å². The molecule has 0 bridgehead atoms. The lowest BCUT2D eigenvalue weighted by Crippen LogP contribution is -2.39. The molecule has 134 valence electrons. The van der Waals surface area contributed by atoms with E-state index in [-0.39, 0.29) is 0 Å². The molecule has 0 saturated heterocycles. The van der Waals surface area contributed by atoms with Crippen LogP contribution in [0.2, 0.25) is 0 Å². The van der Waals surface area contributed by atoms with E-state index in [0.29, 0.717) is 19.3 Å². The molecule has 6 nitrogen and oxygen atoms in total. The number of nitrogens with zero attached hydrogens (tertiary/aromatic N) is 2. The van der Waals surface area contributed by atoms with Gasteiger partial charge in [-0.15, -0.1) is 0 Å². The number of hydrogen-bond donors (Lipinski definition) is 2. The molecule has 0 amide bonds. The summed E-state index contributed by atoms with van der Waals surface area (Å²) in [6.45, 7) is 7.54. The van der Waals surface area contributed by atoms with Crippen molar-refractivity contribution in [1.82, 2.24) is 15.6 Å². The van der Waals surface area contributed by atoms with E-state index in [1.807, 2.05) is 19.1 Å². The highest BCUT2D eigenvalue weighted by atomic mass is 16.5. The fraction of sp³-hybridized carbons (Fsp3) is 0.667. The average Bonchev–Trinajstić information content (AvgIpc) is 3.10. The van der Waals surface area contributed by atoms with Crippen LogP contribution in [-0.4, -0.2) is 43.4 Å². The lowest BCUT2D eigenvalue weighted by Gasteiger charge is -2.15. The molecule has 2 N–H and O–H groups in total. The van der Waals surface area contributed by atoms with Gasteiger partial charge in [-0.3, -0.25) is 0 Å². The number of pyridine rings is 1. The van der Waals surface area contributed by atoms with Crippen molar-refractivity contribution in [2.24, 2.45) is 4.99 Å². The smallest absolute Gasteiger partial charge is 0.218 e. The van der Waals surface area contributed by atoms with E-state index in [1.165, 1.54) is 12.8 Å². The fourth-order valence-corrected chi connectivity index (χ4v) is 2.71. The average molecular weight is 334 g/mol. The maximum atomic E-state index is 6.07. The van der Waals surface area contributed by atoms with Gasteiger partial charge in [0.1, 0.15) is 6.10 Å². The molecule has 1 aliphatic rings. The minimum absolute atomic E-state index is 0.306. The first-order chi connectivity index (χ1) is 11.8. The van der Waals surface area contributed by atoms with Crippen LogP contribution in [0.25, 0.3) is 0 Å². The molecule has 1 aromatic rings. The van der Waals surface area contributed by atoms with Crippen molar-refractivity contribution in [2.75, 3.05) is 26.3 Å². The number of aromatic nitrogens is 1. The Morgan fingerprint density at radius 3 is 2.88 bits per heavy atom. The summed E-state index contributed by atoms with van der Waals surface area (Å²) >= 11 is 0. The maximum absolute atomic E-state index is 6.07. The summed E-state index contributed by atoms with van der Waals surface area (Å²) in [4.78, 5) is 9.04. The number of nitrogens with one attached hydrogen (secondary N) is 2. The number of aliphatic imine (C=N–C) groups is 1. The van der Waals surface area contributed by atoms with Gasteiger partial charge in [0.05, 0.1) is 13.2 Å². The summed E-state index contributed by atoms with van der Waals surface area (Å²) in [5, 5.41) is 6.52. The number of rotatable bonds is 9. The van der Waals surface area contributed by atoms with Gasteiger partial charge in [0, 0.05) is 31.5 Å². The van der Waals surface area contributed by atoms with E-state index < -0.39 is 0 Å². The molecule has 0 aromatic carbocycles. The third-order valence-corrected chi connectivity index (χ3v) is 3.93. The summed E-state index contributed by atoms with van der Waals surface area (Å²) < 4.78 is 11.4. The second kappa shape index (κ2) is 10.9. The summed E-state index contributed by atoms with van der Waals surface area (Å²) in [5.74, 6) is 1.51. The molecule has 1 fully saturated rings. The van der Waals surface area contributed by atoms with E-state index in [1.54, 1.807) is 6.20 Å². The van der Waals surface area contributed by atoms with Crippen molar-refractivity contribution in [1.29, 1.82) is 0 Å². The van der Waals surface area contributed by atoms with Crippen LogP contribution in [0.5, 0.6) is 5.88 Å². The van der Waals surface area contributed by atoms with E-state index >= 15 is 0 Å². The number of guanidine groups is 1. The van der Waals surface area contributed by atoms with Crippen molar-refractivity contribution in [2.45, 2.75) is 52.2 Å². The molecule has 0 unspecified atom stereocenters. The van der Waals surface area contributed by atoms with Crippen LogP contribution >= 0.6 is 0 Å². The third-order valence-electron chi connectivity index (χ3n) is 3.93. The largest absolute Gasteiger partial charge is 0.474 e. The predicted molar refractivity (Wildman–Crippen MR) is 96.4 cm³/mol. The highest BCUT2D eigenvalue weighted by Gasteiger charge is 2.18. The molecule has 1 heterocycles. The van der Waals surface area contributed by atoms with Crippen molar-refractivity contribution in [3.05, 3.63) is 23.9 Å². The molecule has 0 atom stereocenters. The molecule has 1 aliphatic carbocycles. The van der Waals surface area contributed by atoms with Crippen LogP contribution in [-0.2, 0) is 11.3 Å². The van der Waals surface area contributed by atoms with Gasteiger partial charge in [-0.05, 0) is 45.6 Å². The Balaban J connectivity index is 1.93.